The Bertz CT molecular complexity index is 1310. The molecule has 0 amide bonds. The van der Waals surface area contributed by atoms with Crippen LogP contribution in [0.2, 0.25) is 0 Å². The minimum atomic E-state index is -1.06. The maximum absolute atomic E-state index is 13.9. The van der Waals surface area contributed by atoms with E-state index >= 15 is 0 Å². The molecule has 0 fully saturated rings. The van der Waals surface area contributed by atoms with Gasteiger partial charge in [0.2, 0.25) is 0 Å². The Labute approximate surface area is 206 Å². The maximum atomic E-state index is 13.9. The molecule has 182 valence electrons. The summed E-state index contributed by atoms with van der Waals surface area (Å²) in [6, 6.07) is 25.3. The van der Waals surface area contributed by atoms with Gasteiger partial charge in [-0.1, -0.05) is 48.5 Å². The summed E-state index contributed by atoms with van der Waals surface area (Å²) in [6.45, 7) is 6.72. The van der Waals surface area contributed by atoms with Crippen LogP contribution in [0.4, 0.5) is 4.39 Å². The second-order valence-corrected chi connectivity index (χ2v) is 9.25. The first-order chi connectivity index (χ1) is 16.8. The summed E-state index contributed by atoms with van der Waals surface area (Å²) in [5, 5.41) is 16.6. The van der Waals surface area contributed by atoms with Crippen molar-refractivity contribution < 1.29 is 19.0 Å². The minimum Gasteiger partial charge on any atom is -0.494 e. The summed E-state index contributed by atoms with van der Waals surface area (Å²) in [5.74, 6) is 0.394. The van der Waals surface area contributed by atoms with Gasteiger partial charge in [-0.2, -0.15) is 0 Å². The SMILES string of the molecule is COc1cc(-c2cc(OCCNC(C)c3cccc4ccccc34)cc(C(C)(C)O)c2)ccc1F. The largest absolute Gasteiger partial charge is 0.494 e. The van der Waals surface area contributed by atoms with E-state index in [4.69, 9.17) is 9.47 Å². The van der Waals surface area contributed by atoms with Crippen molar-refractivity contribution in [2.45, 2.75) is 32.4 Å². The maximum Gasteiger partial charge on any atom is 0.165 e. The fourth-order valence-electron chi connectivity index (χ4n) is 4.22. The number of hydrogen-bond acceptors (Lipinski definition) is 4. The van der Waals surface area contributed by atoms with Crippen molar-refractivity contribution in [1.82, 2.24) is 5.32 Å². The van der Waals surface area contributed by atoms with E-state index in [0.717, 1.165) is 11.1 Å². The molecule has 4 aromatic rings. The molecule has 0 aromatic heterocycles. The fourth-order valence-corrected chi connectivity index (χ4v) is 4.22. The number of methoxy groups -OCH3 is 1. The minimum absolute atomic E-state index is 0.162. The average Bonchev–Trinajstić information content (AvgIpc) is 2.85. The van der Waals surface area contributed by atoms with Crippen LogP contribution in [0.3, 0.4) is 0 Å². The number of ether oxygens (including phenoxy) is 2. The summed E-state index contributed by atoms with van der Waals surface area (Å²) in [6.07, 6.45) is 0. The van der Waals surface area contributed by atoms with Gasteiger partial charge in [-0.3, -0.25) is 0 Å². The van der Waals surface area contributed by atoms with Gasteiger partial charge in [0.1, 0.15) is 12.4 Å². The molecule has 4 aromatic carbocycles. The molecule has 0 heterocycles. The first-order valence-corrected chi connectivity index (χ1v) is 11.8. The number of benzene rings is 4. The Morgan fingerprint density at radius 2 is 1.71 bits per heavy atom. The first kappa shape index (κ1) is 24.7. The molecule has 4 nitrogen and oxygen atoms in total. The van der Waals surface area contributed by atoms with Crippen LogP contribution in [0, 0.1) is 5.82 Å². The third kappa shape index (κ3) is 5.81. The lowest BCUT2D eigenvalue weighted by atomic mass is 9.93. The van der Waals surface area contributed by atoms with Crippen molar-refractivity contribution in [2.24, 2.45) is 0 Å². The molecule has 0 bridgehead atoms. The molecule has 4 rings (SSSR count). The molecule has 5 heteroatoms. The van der Waals surface area contributed by atoms with Gasteiger partial charge in [0, 0.05) is 12.6 Å². The predicted molar refractivity (Wildman–Crippen MR) is 139 cm³/mol. The molecular weight excluding hydrogens is 441 g/mol. The number of halogens is 1. The van der Waals surface area contributed by atoms with Gasteiger partial charge in [0.15, 0.2) is 11.6 Å². The highest BCUT2D eigenvalue weighted by molar-refractivity contribution is 5.86. The van der Waals surface area contributed by atoms with Gasteiger partial charge in [-0.25, -0.2) is 4.39 Å². The smallest absolute Gasteiger partial charge is 0.165 e. The van der Waals surface area contributed by atoms with Crippen LogP contribution in [0.5, 0.6) is 11.5 Å². The van der Waals surface area contributed by atoms with Gasteiger partial charge in [0.05, 0.1) is 12.7 Å². The number of rotatable bonds is 9. The van der Waals surface area contributed by atoms with Crippen molar-refractivity contribution in [3.63, 3.8) is 0 Å². The Morgan fingerprint density at radius 3 is 2.49 bits per heavy atom. The first-order valence-electron chi connectivity index (χ1n) is 11.8. The standard InChI is InChI=1S/C30H32FNO3/c1-20(26-11-7-9-21-8-5-6-10-27(21)26)32-14-15-35-25-17-23(16-24(19-25)30(2,3)33)22-12-13-28(31)29(18-22)34-4/h5-13,16-20,32-33H,14-15H2,1-4H3. The summed E-state index contributed by atoms with van der Waals surface area (Å²) in [7, 11) is 1.44. The van der Waals surface area contributed by atoms with Gasteiger partial charge in [-0.15, -0.1) is 0 Å². The van der Waals surface area contributed by atoms with Crippen LogP contribution in [-0.2, 0) is 5.60 Å². The van der Waals surface area contributed by atoms with Crippen LogP contribution >= 0.6 is 0 Å². The second kappa shape index (κ2) is 10.5. The fraction of sp³-hybridized carbons (Fsp3) is 0.267. The molecule has 0 aliphatic rings. The lowest BCUT2D eigenvalue weighted by molar-refractivity contribution is 0.0783. The van der Waals surface area contributed by atoms with Gasteiger partial charge in [0.25, 0.3) is 0 Å². The Morgan fingerprint density at radius 1 is 0.943 bits per heavy atom. The zero-order valence-electron chi connectivity index (χ0n) is 20.6. The van der Waals surface area contributed by atoms with Crippen LogP contribution in [0.25, 0.3) is 21.9 Å². The van der Waals surface area contributed by atoms with E-state index in [-0.39, 0.29) is 11.8 Å². The van der Waals surface area contributed by atoms with E-state index in [0.29, 0.717) is 24.5 Å². The van der Waals surface area contributed by atoms with E-state index in [2.05, 4.69) is 54.7 Å². The molecule has 0 aliphatic carbocycles. The van der Waals surface area contributed by atoms with Crippen LogP contribution in [0.15, 0.2) is 78.9 Å². The third-order valence-electron chi connectivity index (χ3n) is 6.21. The highest BCUT2D eigenvalue weighted by atomic mass is 19.1. The molecular formula is C30H32FNO3. The normalized spacial score (nSPS) is 12.5. The predicted octanol–water partition coefficient (Wildman–Crippen LogP) is 6.61. The molecule has 1 atom stereocenters. The quantitative estimate of drug-likeness (QED) is 0.269. The van der Waals surface area contributed by atoms with E-state index in [1.54, 1.807) is 26.0 Å². The van der Waals surface area contributed by atoms with Gasteiger partial charge < -0.3 is 19.9 Å². The van der Waals surface area contributed by atoms with Crippen molar-refractivity contribution in [2.75, 3.05) is 20.3 Å². The van der Waals surface area contributed by atoms with Crippen molar-refractivity contribution >= 4 is 10.8 Å². The average molecular weight is 474 g/mol. The number of aliphatic hydroxyl groups is 1. The van der Waals surface area contributed by atoms with Crippen molar-refractivity contribution in [3.8, 4) is 22.6 Å². The van der Waals surface area contributed by atoms with Crippen molar-refractivity contribution in [3.05, 3.63) is 95.8 Å². The van der Waals surface area contributed by atoms with Crippen LogP contribution in [-0.4, -0.2) is 25.4 Å². The zero-order valence-corrected chi connectivity index (χ0v) is 20.6. The molecule has 2 N–H and O–H groups in total. The molecule has 35 heavy (non-hydrogen) atoms. The van der Waals surface area contributed by atoms with Crippen LogP contribution in [0.1, 0.15) is 37.9 Å². The van der Waals surface area contributed by atoms with Gasteiger partial charge >= 0.3 is 0 Å². The zero-order chi connectivity index (χ0) is 25.0. The summed E-state index contributed by atoms with van der Waals surface area (Å²) in [4.78, 5) is 0. The Hall–Kier alpha value is -3.41. The van der Waals surface area contributed by atoms with Crippen LogP contribution < -0.4 is 14.8 Å². The van der Waals surface area contributed by atoms with Crippen molar-refractivity contribution in [1.29, 1.82) is 0 Å². The summed E-state index contributed by atoms with van der Waals surface area (Å²) < 4.78 is 25.1. The second-order valence-electron chi connectivity index (χ2n) is 9.25. The van der Waals surface area contributed by atoms with E-state index in [9.17, 15) is 9.50 Å². The van der Waals surface area contributed by atoms with E-state index in [1.807, 2.05) is 18.2 Å². The topological polar surface area (TPSA) is 50.7 Å². The third-order valence-corrected chi connectivity index (χ3v) is 6.21. The number of hydrogen-bond donors (Lipinski definition) is 2. The summed E-state index contributed by atoms with van der Waals surface area (Å²) in [5.41, 5.74) is 2.50. The van der Waals surface area contributed by atoms with E-state index < -0.39 is 11.4 Å². The molecule has 1 unspecified atom stereocenters. The number of fused-ring (bicyclic) bond motifs is 1. The Kier molecular flexibility index (Phi) is 7.39. The van der Waals surface area contributed by atoms with E-state index in [1.165, 1.54) is 29.5 Å². The van der Waals surface area contributed by atoms with Gasteiger partial charge in [-0.05, 0) is 84.1 Å². The molecule has 0 radical (unpaired) electrons. The summed E-state index contributed by atoms with van der Waals surface area (Å²) >= 11 is 0. The molecule has 0 aliphatic heterocycles. The molecule has 0 saturated heterocycles. The lowest BCUT2D eigenvalue weighted by Crippen LogP contribution is -2.24. The number of nitrogens with one attached hydrogen (secondary N) is 1. The molecule has 0 spiro atoms. The highest BCUT2D eigenvalue weighted by Gasteiger charge is 2.19. The Balaban J connectivity index is 1.48. The lowest BCUT2D eigenvalue weighted by Gasteiger charge is -2.21. The highest BCUT2D eigenvalue weighted by Crippen LogP contribution is 2.33. The molecule has 0 saturated carbocycles. The monoisotopic (exact) mass is 473 g/mol.